The molecule has 0 aromatic carbocycles. The van der Waals surface area contributed by atoms with Gasteiger partial charge in [0.25, 0.3) is 5.91 Å². The van der Waals surface area contributed by atoms with E-state index in [0.29, 0.717) is 44.3 Å². The zero-order valence-electron chi connectivity index (χ0n) is 13.3. The molecule has 1 fully saturated rings. The van der Waals surface area contributed by atoms with Crippen LogP contribution in [0.15, 0.2) is 10.5 Å². The van der Waals surface area contributed by atoms with Crippen molar-refractivity contribution in [2.75, 3.05) is 33.0 Å². The molecule has 0 saturated carbocycles. The Bertz CT molecular complexity index is 533. The lowest BCUT2D eigenvalue weighted by Crippen LogP contribution is -2.25. The van der Waals surface area contributed by atoms with Crippen LogP contribution in [0.25, 0.3) is 0 Å². The Hall–Kier alpha value is -1.86. The molecule has 0 spiro atoms. The molecule has 1 unspecified atom stereocenters. The van der Waals surface area contributed by atoms with Crippen molar-refractivity contribution < 1.29 is 28.6 Å². The van der Waals surface area contributed by atoms with Gasteiger partial charge < -0.3 is 24.3 Å². The Morgan fingerprint density at radius 3 is 2.91 bits per heavy atom. The zero-order chi connectivity index (χ0) is 16.7. The number of hydrogen-bond acceptors (Lipinski definition) is 5. The fourth-order valence-electron chi connectivity index (χ4n) is 2.41. The first kappa shape index (κ1) is 17.5. The molecular weight excluding hydrogens is 302 g/mol. The summed E-state index contributed by atoms with van der Waals surface area (Å²) in [4.78, 5) is 23.0. The molecule has 7 heteroatoms. The summed E-state index contributed by atoms with van der Waals surface area (Å²) in [6.45, 7) is 5.06. The third-order valence-corrected chi connectivity index (χ3v) is 3.71. The van der Waals surface area contributed by atoms with Crippen molar-refractivity contribution in [1.82, 2.24) is 5.32 Å². The van der Waals surface area contributed by atoms with Crippen molar-refractivity contribution >= 4 is 11.9 Å². The van der Waals surface area contributed by atoms with Gasteiger partial charge in [0, 0.05) is 38.2 Å². The third kappa shape index (κ3) is 5.07. The lowest BCUT2D eigenvalue weighted by Gasteiger charge is -2.08. The van der Waals surface area contributed by atoms with Gasteiger partial charge in [-0.05, 0) is 12.8 Å². The van der Waals surface area contributed by atoms with Crippen LogP contribution in [0.4, 0.5) is 0 Å². The van der Waals surface area contributed by atoms with Gasteiger partial charge in [0.05, 0.1) is 13.2 Å². The predicted molar refractivity (Wildman–Crippen MR) is 81.7 cm³/mol. The van der Waals surface area contributed by atoms with Crippen molar-refractivity contribution in [3.05, 3.63) is 23.2 Å². The molecule has 1 aliphatic rings. The van der Waals surface area contributed by atoms with Gasteiger partial charge in [-0.1, -0.05) is 6.92 Å². The SMILES string of the molecule is CCc1oc(C(=O)NCCCOCC2CCOC2)cc1C(=O)O. The Labute approximate surface area is 134 Å². The summed E-state index contributed by atoms with van der Waals surface area (Å²) in [5, 5.41) is 11.7. The lowest BCUT2D eigenvalue weighted by molar-refractivity contribution is 0.0694. The predicted octanol–water partition coefficient (Wildman–Crippen LogP) is 1.71. The zero-order valence-corrected chi connectivity index (χ0v) is 13.3. The number of rotatable bonds is 9. The van der Waals surface area contributed by atoms with E-state index in [1.54, 1.807) is 6.92 Å². The molecule has 0 radical (unpaired) electrons. The number of ether oxygens (including phenoxy) is 2. The van der Waals surface area contributed by atoms with Gasteiger partial charge in [-0.25, -0.2) is 4.79 Å². The maximum atomic E-state index is 11.9. The molecule has 1 aromatic heterocycles. The van der Waals surface area contributed by atoms with E-state index in [1.165, 1.54) is 6.07 Å². The summed E-state index contributed by atoms with van der Waals surface area (Å²) < 4.78 is 16.1. The van der Waals surface area contributed by atoms with Crippen LogP contribution in [0.5, 0.6) is 0 Å². The highest BCUT2D eigenvalue weighted by atomic mass is 16.5. The van der Waals surface area contributed by atoms with Gasteiger partial charge in [0.1, 0.15) is 11.3 Å². The van der Waals surface area contributed by atoms with E-state index in [0.717, 1.165) is 19.6 Å². The van der Waals surface area contributed by atoms with Gasteiger partial charge in [-0.15, -0.1) is 0 Å². The highest BCUT2D eigenvalue weighted by Gasteiger charge is 2.19. The number of furan rings is 1. The van der Waals surface area contributed by atoms with Gasteiger partial charge in [-0.2, -0.15) is 0 Å². The minimum absolute atomic E-state index is 0.0308. The molecular formula is C16H23NO6. The molecule has 1 amide bonds. The summed E-state index contributed by atoms with van der Waals surface area (Å²) in [5.41, 5.74) is 0.0414. The van der Waals surface area contributed by atoms with E-state index in [1.807, 2.05) is 0 Å². The molecule has 128 valence electrons. The lowest BCUT2D eigenvalue weighted by atomic mass is 10.1. The summed E-state index contributed by atoms with van der Waals surface area (Å²) in [6, 6.07) is 1.27. The molecule has 2 rings (SSSR count). The number of nitrogens with one attached hydrogen (secondary N) is 1. The van der Waals surface area contributed by atoms with E-state index in [-0.39, 0.29) is 11.3 Å². The van der Waals surface area contributed by atoms with Crippen LogP contribution in [0.1, 0.15) is 46.4 Å². The quantitative estimate of drug-likeness (QED) is 0.671. The average Bonchev–Trinajstić information content (AvgIpc) is 3.19. The number of carboxylic acids is 1. The van der Waals surface area contributed by atoms with E-state index in [4.69, 9.17) is 19.0 Å². The topological polar surface area (TPSA) is 98.0 Å². The summed E-state index contributed by atoms with van der Waals surface area (Å²) in [7, 11) is 0. The minimum Gasteiger partial charge on any atom is -0.478 e. The number of carboxylic acid groups (broad SMARTS) is 1. The van der Waals surface area contributed by atoms with Crippen molar-refractivity contribution in [3.8, 4) is 0 Å². The number of aryl methyl sites for hydroxylation is 1. The molecule has 2 heterocycles. The fourth-order valence-corrected chi connectivity index (χ4v) is 2.41. The van der Waals surface area contributed by atoms with Crippen LogP contribution in [-0.2, 0) is 15.9 Å². The van der Waals surface area contributed by atoms with Crippen LogP contribution in [0.3, 0.4) is 0 Å². The fraction of sp³-hybridized carbons (Fsp3) is 0.625. The van der Waals surface area contributed by atoms with Crippen molar-refractivity contribution in [2.24, 2.45) is 5.92 Å². The highest BCUT2D eigenvalue weighted by Crippen LogP contribution is 2.16. The average molecular weight is 325 g/mol. The highest BCUT2D eigenvalue weighted by molar-refractivity contribution is 5.96. The van der Waals surface area contributed by atoms with E-state index in [2.05, 4.69) is 5.32 Å². The largest absolute Gasteiger partial charge is 0.478 e. The molecule has 1 aromatic rings. The third-order valence-electron chi connectivity index (χ3n) is 3.71. The Morgan fingerprint density at radius 2 is 2.30 bits per heavy atom. The van der Waals surface area contributed by atoms with Crippen molar-refractivity contribution in [2.45, 2.75) is 26.2 Å². The number of aromatic carboxylic acids is 1. The van der Waals surface area contributed by atoms with Gasteiger partial charge in [0.15, 0.2) is 5.76 Å². The Morgan fingerprint density at radius 1 is 1.48 bits per heavy atom. The van der Waals surface area contributed by atoms with Crippen molar-refractivity contribution in [3.63, 3.8) is 0 Å². The van der Waals surface area contributed by atoms with Crippen LogP contribution < -0.4 is 5.32 Å². The summed E-state index contributed by atoms with van der Waals surface area (Å²) in [5.74, 6) is -0.673. The molecule has 23 heavy (non-hydrogen) atoms. The number of hydrogen-bond donors (Lipinski definition) is 2. The summed E-state index contributed by atoms with van der Waals surface area (Å²) >= 11 is 0. The van der Waals surface area contributed by atoms with Crippen LogP contribution in [0, 0.1) is 5.92 Å². The normalized spacial score (nSPS) is 17.3. The van der Waals surface area contributed by atoms with E-state index < -0.39 is 11.9 Å². The molecule has 2 N–H and O–H groups in total. The smallest absolute Gasteiger partial charge is 0.339 e. The first-order chi connectivity index (χ1) is 11.1. The minimum atomic E-state index is -1.09. The van der Waals surface area contributed by atoms with Gasteiger partial charge >= 0.3 is 5.97 Å². The van der Waals surface area contributed by atoms with Gasteiger partial charge in [-0.3, -0.25) is 4.79 Å². The van der Waals surface area contributed by atoms with Crippen LogP contribution in [-0.4, -0.2) is 50.0 Å². The molecule has 1 saturated heterocycles. The number of amides is 1. The molecule has 7 nitrogen and oxygen atoms in total. The number of carbonyl (C=O) groups is 2. The van der Waals surface area contributed by atoms with Gasteiger partial charge in [0.2, 0.25) is 0 Å². The molecule has 1 aliphatic heterocycles. The second-order valence-corrected chi connectivity index (χ2v) is 5.52. The second kappa shape index (κ2) is 8.69. The molecule has 0 aliphatic carbocycles. The second-order valence-electron chi connectivity index (χ2n) is 5.52. The first-order valence-corrected chi connectivity index (χ1v) is 7.91. The monoisotopic (exact) mass is 325 g/mol. The standard InChI is InChI=1S/C16H23NO6/c1-2-13-12(16(19)20)8-14(23-13)15(18)17-5-3-6-21-9-11-4-7-22-10-11/h8,11H,2-7,9-10H2,1H3,(H,17,18)(H,19,20). The first-order valence-electron chi connectivity index (χ1n) is 7.91. The molecule has 1 atom stereocenters. The van der Waals surface area contributed by atoms with Crippen molar-refractivity contribution in [1.29, 1.82) is 0 Å². The maximum Gasteiger partial charge on any atom is 0.339 e. The Balaban J connectivity index is 1.67. The number of carbonyl (C=O) groups excluding carboxylic acids is 1. The van der Waals surface area contributed by atoms with Crippen LogP contribution in [0.2, 0.25) is 0 Å². The van der Waals surface area contributed by atoms with E-state index in [9.17, 15) is 9.59 Å². The summed E-state index contributed by atoms with van der Waals surface area (Å²) in [6.07, 6.45) is 2.15. The van der Waals surface area contributed by atoms with Crippen LogP contribution >= 0.6 is 0 Å². The Kier molecular flexibility index (Phi) is 6.61. The van der Waals surface area contributed by atoms with E-state index >= 15 is 0 Å². The molecule has 0 bridgehead atoms. The maximum absolute atomic E-state index is 11.9.